The summed E-state index contributed by atoms with van der Waals surface area (Å²) in [7, 11) is 3.21. The molecule has 33 heavy (non-hydrogen) atoms. The SMILES string of the molecule is COCCN(C(=O)Cc1cccs1)[C@H](C(=O)NCc1ccc(OC)cc1)c1ccccc1C. The maximum Gasteiger partial charge on any atom is 0.247 e. The van der Waals surface area contributed by atoms with Gasteiger partial charge in [-0.05, 0) is 47.2 Å². The Kier molecular flexibility index (Phi) is 9.04. The highest BCUT2D eigenvalue weighted by atomic mass is 32.1. The van der Waals surface area contributed by atoms with Crippen LogP contribution in [0.3, 0.4) is 0 Å². The molecule has 174 valence electrons. The van der Waals surface area contributed by atoms with Gasteiger partial charge in [0.05, 0.1) is 20.1 Å². The topological polar surface area (TPSA) is 67.9 Å². The Bertz CT molecular complexity index is 1030. The summed E-state index contributed by atoms with van der Waals surface area (Å²) in [5.74, 6) is 0.422. The fourth-order valence-corrected chi connectivity index (χ4v) is 4.32. The van der Waals surface area contributed by atoms with E-state index >= 15 is 0 Å². The standard InChI is InChI=1S/C26H30N2O4S/c1-19-7-4-5-9-23(19)25(26(30)27-18-20-10-12-21(32-3)13-11-20)28(14-15-31-2)24(29)17-22-8-6-16-33-22/h4-13,16,25H,14-15,17-18H2,1-3H3,(H,27,30)/t25-/m0/s1. The Morgan fingerprint density at radius 3 is 2.42 bits per heavy atom. The highest BCUT2D eigenvalue weighted by molar-refractivity contribution is 7.10. The molecule has 1 heterocycles. The zero-order valence-corrected chi connectivity index (χ0v) is 20.1. The van der Waals surface area contributed by atoms with E-state index in [-0.39, 0.29) is 18.2 Å². The van der Waals surface area contributed by atoms with Crippen molar-refractivity contribution in [2.75, 3.05) is 27.4 Å². The second-order valence-corrected chi connectivity index (χ2v) is 8.69. The van der Waals surface area contributed by atoms with Gasteiger partial charge in [0, 0.05) is 25.1 Å². The van der Waals surface area contributed by atoms with Crippen LogP contribution in [0.5, 0.6) is 5.75 Å². The van der Waals surface area contributed by atoms with E-state index in [9.17, 15) is 9.59 Å². The highest BCUT2D eigenvalue weighted by Crippen LogP contribution is 2.26. The third-order valence-corrected chi connectivity index (χ3v) is 6.31. The number of aryl methyl sites for hydroxylation is 1. The van der Waals surface area contributed by atoms with Crippen LogP contribution in [0.2, 0.25) is 0 Å². The van der Waals surface area contributed by atoms with Gasteiger partial charge < -0.3 is 19.7 Å². The molecule has 0 aliphatic rings. The van der Waals surface area contributed by atoms with Gasteiger partial charge in [-0.25, -0.2) is 0 Å². The second-order valence-electron chi connectivity index (χ2n) is 7.66. The minimum absolute atomic E-state index is 0.109. The lowest BCUT2D eigenvalue weighted by atomic mass is 9.98. The Labute approximate surface area is 199 Å². The summed E-state index contributed by atoms with van der Waals surface area (Å²) in [5.41, 5.74) is 2.70. The van der Waals surface area contributed by atoms with Crippen molar-refractivity contribution in [1.82, 2.24) is 10.2 Å². The molecule has 0 radical (unpaired) electrons. The average molecular weight is 467 g/mol. The quantitative estimate of drug-likeness (QED) is 0.461. The van der Waals surface area contributed by atoms with E-state index in [4.69, 9.17) is 9.47 Å². The summed E-state index contributed by atoms with van der Waals surface area (Å²) >= 11 is 1.53. The van der Waals surface area contributed by atoms with Crippen molar-refractivity contribution in [2.24, 2.45) is 0 Å². The minimum atomic E-state index is -0.757. The van der Waals surface area contributed by atoms with E-state index in [0.717, 1.165) is 27.3 Å². The molecule has 6 nitrogen and oxygen atoms in total. The van der Waals surface area contributed by atoms with Crippen molar-refractivity contribution in [3.05, 3.63) is 87.6 Å². The van der Waals surface area contributed by atoms with Gasteiger partial charge in [-0.1, -0.05) is 42.5 Å². The average Bonchev–Trinajstić information content (AvgIpc) is 3.34. The van der Waals surface area contributed by atoms with Gasteiger partial charge in [0.15, 0.2) is 0 Å². The minimum Gasteiger partial charge on any atom is -0.497 e. The van der Waals surface area contributed by atoms with Crippen LogP contribution < -0.4 is 10.1 Å². The number of methoxy groups -OCH3 is 2. The highest BCUT2D eigenvalue weighted by Gasteiger charge is 2.32. The number of benzene rings is 2. The van der Waals surface area contributed by atoms with E-state index in [1.165, 1.54) is 11.3 Å². The Morgan fingerprint density at radius 2 is 1.79 bits per heavy atom. The van der Waals surface area contributed by atoms with E-state index in [2.05, 4.69) is 5.32 Å². The van der Waals surface area contributed by atoms with E-state index in [1.807, 2.05) is 73.0 Å². The number of hydrogen-bond acceptors (Lipinski definition) is 5. The molecule has 3 aromatic rings. The van der Waals surface area contributed by atoms with Gasteiger partial charge in [-0.2, -0.15) is 0 Å². The molecule has 1 N–H and O–H groups in total. The molecule has 0 unspecified atom stereocenters. The van der Waals surface area contributed by atoms with Crippen molar-refractivity contribution >= 4 is 23.2 Å². The van der Waals surface area contributed by atoms with Crippen molar-refractivity contribution in [2.45, 2.75) is 25.9 Å². The maximum absolute atomic E-state index is 13.5. The molecule has 0 aliphatic heterocycles. The van der Waals surface area contributed by atoms with Gasteiger partial charge >= 0.3 is 0 Å². The predicted molar refractivity (Wildman–Crippen MR) is 130 cm³/mol. The second kappa shape index (κ2) is 12.2. The van der Waals surface area contributed by atoms with Crippen LogP contribution in [0.15, 0.2) is 66.0 Å². The molecule has 3 rings (SSSR count). The number of thiophene rings is 1. The number of amides is 2. The van der Waals surface area contributed by atoms with Crippen LogP contribution in [-0.4, -0.2) is 44.1 Å². The number of rotatable bonds is 11. The largest absolute Gasteiger partial charge is 0.497 e. The first-order chi connectivity index (χ1) is 16.0. The lowest BCUT2D eigenvalue weighted by Gasteiger charge is -2.32. The zero-order chi connectivity index (χ0) is 23.6. The Balaban J connectivity index is 1.87. The van der Waals surface area contributed by atoms with Crippen LogP contribution in [0.25, 0.3) is 0 Å². The number of carbonyl (C=O) groups is 2. The molecule has 0 aliphatic carbocycles. The number of carbonyl (C=O) groups excluding carboxylic acids is 2. The molecular weight excluding hydrogens is 436 g/mol. The zero-order valence-electron chi connectivity index (χ0n) is 19.2. The Morgan fingerprint density at radius 1 is 1.03 bits per heavy atom. The van der Waals surface area contributed by atoms with Crippen molar-refractivity contribution in [1.29, 1.82) is 0 Å². The molecule has 7 heteroatoms. The van der Waals surface area contributed by atoms with Gasteiger partial charge in [-0.3, -0.25) is 9.59 Å². The number of nitrogens with zero attached hydrogens (tertiary/aromatic N) is 1. The molecule has 1 atom stereocenters. The van der Waals surface area contributed by atoms with Gasteiger partial charge in [-0.15, -0.1) is 11.3 Å². The lowest BCUT2D eigenvalue weighted by molar-refractivity contribution is -0.141. The summed E-state index contributed by atoms with van der Waals surface area (Å²) < 4.78 is 10.5. The molecule has 0 fully saturated rings. The fraction of sp³-hybridized carbons (Fsp3) is 0.308. The monoisotopic (exact) mass is 466 g/mol. The van der Waals surface area contributed by atoms with Crippen molar-refractivity contribution in [3.8, 4) is 5.75 Å². The first kappa shape index (κ1) is 24.5. The first-order valence-electron chi connectivity index (χ1n) is 10.8. The van der Waals surface area contributed by atoms with E-state index in [0.29, 0.717) is 19.7 Å². The Hall–Kier alpha value is -3.16. The molecule has 1 aromatic heterocycles. The van der Waals surface area contributed by atoms with Crippen LogP contribution in [0.4, 0.5) is 0 Å². The maximum atomic E-state index is 13.5. The predicted octanol–water partition coefficient (Wildman–Crippen LogP) is 4.14. The molecule has 2 aromatic carbocycles. The molecule has 0 saturated carbocycles. The summed E-state index contributed by atoms with van der Waals surface area (Å²) in [4.78, 5) is 29.5. The van der Waals surface area contributed by atoms with Gasteiger partial charge in [0.2, 0.25) is 11.8 Å². The molecule has 0 spiro atoms. The summed E-state index contributed by atoms with van der Waals surface area (Å²) in [5, 5.41) is 4.97. The van der Waals surface area contributed by atoms with Crippen molar-refractivity contribution < 1.29 is 19.1 Å². The number of hydrogen-bond donors (Lipinski definition) is 1. The summed E-state index contributed by atoms with van der Waals surface area (Å²) in [6.07, 6.45) is 0.246. The number of ether oxygens (including phenoxy) is 2. The van der Waals surface area contributed by atoms with Crippen LogP contribution in [0, 0.1) is 6.92 Å². The molecule has 0 saturated heterocycles. The summed E-state index contributed by atoms with van der Waals surface area (Å²) in [6.45, 7) is 2.96. The molecule has 0 bridgehead atoms. The first-order valence-corrected chi connectivity index (χ1v) is 11.7. The van der Waals surface area contributed by atoms with Crippen LogP contribution in [0.1, 0.15) is 27.6 Å². The normalized spacial score (nSPS) is 11.6. The third-order valence-electron chi connectivity index (χ3n) is 5.43. The van der Waals surface area contributed by atoms with Crippen molar-refractivity contribution in [3.63, 3.8) is 0 Å². The lowest BCUT2D eigenvalue weighted by Crippen LogP contribution is -2.45. The number of nitrogens with one attached hydrogen (secondary N) is 1. The van der Waals surface area contributed by atoms with Gasteiger partial charge in [0.1, 0.15) is 11.8 Å². The molecule has 2 amide bonds. The third kappa shape index (κ3) is 6.66. The smallest absolute Gasteiger partial charge is 0.247 e. The van der Waals surface area contributed by atoms with E-state index in [1.54, 1.807) is 19.1 Å². The van der Waals surface area contributed by atoms with Crippen LogP contribution >= 0.6 is 11.3 Å². The fourth-order valence-electron chi connectivity index (χ4n) is 3.62. The molecular formula is C26H30N2O4S. The summed E-state index contributed by atoms with van der Waals surface area (Å²) in [6, 6.07) is 18.3. The van der Waals surface area contributed by atoms with Crippen LogP contribution in [-0.2, 0) is 27.3 Å². The van der Waals surface area contributed by atoms with E-state index < -0.39 is 6.04 Å². The van der Waals surface area contributed by atoms with Gasteiger partial charge in [0.25, 0.3) is 0 Å².